The zero-order chi connectivity index (χ0) is 9.47. The third-order valence-corrected chi connectivity index (χ3v) is 3.49. The molecule has 1 atom stereocenters. The molecule has 0 radical (unpaired) electrons. The Bertz CT molecular complexity index is 224. The van der Waals surface area contributed by atoms with Gasteiger partial charge in [0.25, 0.3) is 0 Å². The Morgan fingerprint density at radius 2 is 2.23 bits per heavy atom. The zero-order valence-electron chi connectivity index (χ0n) is 8.68. The van der Waals surface area contributed by atoms with E-state index in [9.17, 15) is 4.79 Å². The predicted molar refractivity (Wildman–Crippen MR) is 52.4 cm³/mol. The summed E-state index contributed by atoms with van der Waals surface area (Å²) in [7, 11) is 0. The van der Waals surface area contributed by atoms with E-state index >= 15 is 0 Å². The molecule has 2 fully saturated rings. The van der Waals surface area contributed by atoms with Gasteiger partial charge in [0.05, 0.1) is 0 Å². The van der Waals surface area contributed by atoms with Crippen LogP contribution in [0.15, 0.2) is 0 Å². The van der Waals surface area contributed by atoms with Gasteiger partial charge < -0.3 is 4.90 Å². The Hall–Kier alpha value is -0.530. The minimum atomic E-state index is 0.283. The molecular weight excluding hydrogens is 162 g/mol. The molecule has 0 saturated carbocycles. The van der Waals surface area contributed by atoms with E-state index in [1.165, 1.54) is 19.3 Å². The van der Waals surface area contributed by atoms with E-state index in [1.807, 2.05) is 0 Å². The van der Waals surface area contributed by atoms with E-state index in [0.29, 0.717) is 11.8 Å². The largest absolute Gasteiger partial charge is 0.337 e. The van der Waals surface area contributed by atoms with E-state index < -0.39 is 0 Å². The van der Waals surface area contributed by atoms with Crippen molar-refractivity contribution in [2.45, 2.75) is 51.5 Å². The van der Waals surface area contributed by atoms with Crippen molar-refractivity contribution in [1.29, 1.82) is 0 Å². The Kier molecular flexibility index (Phi) is 2.09. The summed E-state index contributed by atoms with van der Waals surface area (Å²) < 4.78 is 0. The molecule has 13 heavy (non-hydrogen) atoms. The fourth-order valence-corrected chi connectivity index (χ4v) is 3.14. The van der Waals surface area contributed by atoms with Gasteiger partial charge in [0.2, 0.25) is 5.91 Å². The normalized spacial score (nSPS) is 33.2. The van der Waals surface area contributed by atoms with E-state index in [2.05, 4.69) is 18.7 Å². The van der Waals surface area contributed by atoms with Crippen molar-refractivity contribution in [3.8, 4) is 0 Å². The lowest BCUT2D eigenvalue weighted by Gasteiger charge is -2.33. The van der Waals surface area contributed by atoms with Crippen LogP contribution in [0.5, 0.6) is 0 Å². The average Bonchev–Trinajstić information content (AvgIpc) is 2.52. The maximum Gasteiger partial charge on any atom is 0.223 e. The summed E-state index contributed by atoms with van der Waals surface area (Å²) >= 11 is 0. The van der Waals surface area contributed by atoms with Crippen molar-refractivity contribution in [2.24, 2.45) is 5.92 Å². The summed E-state index contributed by atoms with van der Waals surface area (Å²) in [5.41, 5.74) is 0.283. The van der Waals surface area contributed by atoms with Crippen molar-refractivity contribution in [2.75, 3.05) is 6.54 Å². The summed E-state index contributed by atoms with van der Waals surface area (Å²) in [6, 6.07) is 0. The van der Waals surface area contributed by atoms with Crippen molar-refractivity contribution >= 4 is 5.91 Å². The number of carbonyl (C=O) groups excluding carboxylic acids is 1. The first-order valence-electron chi connectivity index (χ1n) is 5.44. The van der Waals surface area contributed by atoms with Crippen molar-refractivity contribution in [3.63, 3.8) is 0 Å². The second-order valence-corrected chi connectivity index (χ2v) is 4.97. The molecule has 74 valence electrons. The molecule has 0 bridgehead atoms. The van der Waals surface area contributed by atoms with Gasteiger partial charge in [-0.15, -0.1) is 0 Å². The number of carbonyl (C=O) groups is 1. The Balaban J connectivity index is 2.15. The standard InChI is InChI=1S/C11H19NO/c1-9(2)8-11-5-3-7-12(11)10(13)4-6-11/h9H,3-8H2,1-2H3. The molecule has 0 aromatic heterocycles. The molecule has 2 aliphatic rings. The Morgan fingerprint density at radius 1 is 1.46 bits per heavy atom. The molecule has 2 nitrogen and oxygen atoms in total. The van der Waals surface area contributed by atoms with Crippen LogP contribution in [0.25, 0.3) is 0 Å². The molecule has 0 N–H and O–H groups in total. The third-order valence-electron chi connectivity index (χ3n) is 3.49. The van der Waals surface area contributed by atoms with Crippen LogP contribution in [-0.2, 0) is 4.79 Å². The summed E-state index contributed by atoms with van der Waals surface area (Å²) in [5.74, 6) is 1.12. The number of rotatable bonds is 2. The third kappa shape index (κ3) is 1.36. The molecule has 0 aromatic rings. The van der Waals surface area contributed by atoms with Crippen LogP contribution in [0.3, 0.4) is 0 Å². The van der Waals surface area contributed by atoms with Crippen molar-refractivity contribution in [1.82, 2.24) is 4.90 Å². The first-order valence-corrected chi connectivity index (χ1v) is 5.44. The molecule has 1 amide bonds. The van der Waals surface area contributed by atoms with E-state index in [0.717, 1.165) is 19.4 Å². The van der Waals surface area contributed by atoms with Crippen molar-refractivity contribution in [3.05, 3.63) is 0 Å². The molecule has 2 heterocycles. The quantitative estimate of drug-likeness (QED) is 0.639. The smallest absolute Gasteiger partial charge is 0.223 e. The van der Waals surface area contributed by atoms with E-state index in [-0.39, 0.29) is 5.54 Å². The van der Waals surface area contributed by atoms with Gasteiger partial charge in [-0.25, -0.2) is 0 Å². The number of amides is 1. The highest BCUT2D eigenvalue weighted by Gasteiger charge is 2.47. The van der Waals surface area contributed by atoms with Gasteiger partial charge in [0, 0.05) is 18.5 Å². The van der Waals surface area contributed by atoms with Crippen LogP contribution in [0.2, 0.25) is 0 Å². The first-order chi connectivity index (χ1) is 6.14. The number of hydrogen-bond acceptors (Lipinski definition) is 1. The lowest BCUT2D eigenvalue weighted by Crippen LogP contribution is -2.41. The molecule has 2 aliphatic heterocycles. The molecule has 2 rings (SSSR count). The highest BCUT2D eigenvalue weighted by molar-refractivity contribution is 5.80. The van der Waals surface area contributed by atoms with Crippen LogP contribution in [0, 0.1) is 5.92 Å². The maximum absolute atomic E-state index is 11.6. The molecule has 0 aliphatic carbocycles. The molecule has 2 heteroatoms. The number of hydrogen-bond donors (Lipinski definition) is 0. The first kappa shape index (κ1) is 9.04. The summed E-state index contributed by atoms with van der Waals surface area (Å²) in [5, 5.41) is 0. The van der Waals surface area contributed by atoms with Crippen LogP contribution in [-0.4, -0.2) is 22.9 Å². The lowest BCUT2D eigenvalue weighted by molar-refractivity contribution is -0.129. The second-order valence-electron chi connectivity index (χ2n) is 4.97. The van der Waals surface area contributed by atoms with Gasteiger partial charge in [-0.2, -0.15) is 0 Å². The molecule has 0 spiro atoms. The van der Waals surface area contributed by atoms with E-state index in [4.69, 9.17) is 0 Å². The van der Waals surface area contributed by atoms with Gasteiger partial charge >= 0.3 is 0 Å². The van der Waals surface area contributed by atoms with Gasteiger partial charge in [0.15, 0.2) is 0 Å². The fourth-order valence-electron chi connectivity index (χ4n) is 3.14. The molecule has 2 saturated heterocycles. The summed E-state index contributed by atoms with van der Waals surface area (Å²) in [6.07, 6.45) is 5.59. The lowest BCUT2D eigenvalue weighted by atomic mass is 9.85. The monoisotopic (exact) mass is 181 g/mol. The fraction of sp³-hybridized carbons (Fsp3) is 0.909. The maximum atomic E-state index is 11.6. The minimum absolute atomic E-state index is 0.283. The van der Waals surface area contributed by atoms with Crippen LogP contribution in [0.4, 0.5) is 0 Å². The van der Waals surface area contributed by atoms with Crippen LogP contribution in [0.1, 0.15) is 46.0 Å². The van der Waals surface area contributed by atoms with Crippen LogP contribution < -0.4 is 0 Å². The van der Waals surface area contributed by atoms with Gasteiger partial charge in [-0.1, -0.05) is 13.8 Å². The Morgan fingerprint density at radius 3 is 2.92 bits per heavy atom. The van der Waals surface area contributed by atoms with E-state index in [1.54, 1.807) is 0 Å². The number of nitrogens with zero attached hydrogens (tertiary/aromatic N) is 1. The Labute approximate surface area is 80.3 Å². The average molecular weight is 181 g/mol. The molecule has 0 aromatic carbocycles. The van der Waals surface area contributed by atoms with Crippen molar-refractivity contribution < 1.29 is 4.79 Å². The topological polar surface area (TPSA) is 20.3 Å². The van der Waals surface area contributed by atoms with Crippen LogP contribution >= 0.6 is 0 Å². The summed E-state index contributed by atoms with van der Waals surface area (Å²) in [6.45, 7) is 5.54. The molecule has 1 unspecified atom stereocenters. The second kappa shape index (κ2) is 3.00. The highest BCUT2D eigenvalue weighted by Crippen LogP contribution is 2.43. The highest BCUT2D eigenvalue weighted by atomic mass is 16.2. The molecular formula is C11H19NO. The SMILES string of the molecule is CC(C)CC12CCCN1C(=O)CC2. The predicted octanol–water partition coefficient (Wildman–Crippen LogP) is 2.19. The summed E-state index contributed by atoms with van der Waals surface area (Å²) in [4.78, 5) is 13.7. The zero-order valence-corrected chi connectivity index (χ0v) is 8.68. The van der Waals surface area contributed by atoms with Gasteiger partial charge in [0.1, 0.15) is 0 Å². The van der Waals surface area contributed by atoms with Gasteiger partial charge in [-0.3, -0.25) is 4.79 Å². The minimum Gasteiger partial charge on any atom is -0.337 e. The number of fused-ring (bicyclic) bond motifs is 1. The van der Waals surface area contributed by atoms with Gasteiger partial charge in [-0.05, 0) is 31.6 Å².